The molecule has 2 N–H and O–H groups in total. The minimum absolute atomic E-state index is 0.0176. The van der Waals surface area contributed by atoms with Crippen molar-refractivity contribution in [3.05, 3.63) is 188 Å². The summed E-state index contributed by atoms with van der Waals surface area (Å²) >= 11 is 0. The summed E-state index contributed by atoms with van der Waals surface area (Å²) in [5, 5.41) is 36.7. The summed E-state index contributed by atoms with van der Waals surface area (Å²) in [5.74, 6) is -2.33. The molecule has 0 saturated carbocycles. The first kappa shape index (κ1) is 47.1. The minimum atomic E-state index is -0.856. The number of amides is 2. The Balaban J connectivity index is 0.000000174. The SMILES string of the molecule is CCn1nnc2c(C)c([C@@H](CC(=O)O)c3ccc4c(c3)CN(C(=O)c3ccccc3)CC4)ccc21.CCn1nnc2c(C)c([C@H](CC(=O)O)c3ccc4c(c3)CN(C(=O)c3ccccc3)CC4)ccc21. The molecule has 70 heavy (non-hydrogen) atoms. The molecule has 0 saturated heterocycles. The van der Waals surface area contributed by atoms with Crippen LogP contribution in [-0.2, 0) is 48.6 Å². The molecular formula is C56H56N8O6. The highest BCUT2D eigenvalue weighted by atomic mass is 16.4. The maximum absolute atomic E-state index is 13.0. The monoisotopic (exact) mass is 936 g/mol. The molecule has 0 fully saturated rings. The molecule has 0 unspecified atom stereocenters. The van der Waals surface area contributed by atoms with Crippen molar-refractivity contribution in [3.63, 3.8) is 0 Å². The van der Waals surface area contributed by atoms with Crippen LogP contribution in [0, 0.1) is 13.8 Å². The number of rotatable bonds is 12. The normalized spacial score (nSPS) is 14.1. The van der Waals surface area contributed by atoms with Gasteiger partial charge in [-0.2, -0.15) is 0 Å². The lowest BCUT2D eigenvalue weighted by Gasteiger charge is -2.30. The largest absolute Gasteiger partial charge is 0.481 e. The van der Waals surface area contributed by atoms with Gasteiger partial charge in [-0.25, -0.2) is 9.36 Å². The standard InChI is InChI=1S/2C28H28N4O3/c2*1-3-32-25-12-11-23(18(2)27(25)29-30-32)24(16-26(33)34)21-10-9-19-13-14-31(17-22(19)15-21)28(35)20-7-5-4-6-8-20/h2*4-12,15,24H,3,13-14,16-17H2,1-2H3,(H,33,34)/t2*24-/m10/s1. The zero-order chi connectivity index (χ0) is 49.1. The fourth-order valence-corrected chi connectivity index (χ4v) is 10.2. The van der Waals surface area contributed by atoms with E-state index in [0.29, 0.717) is 37.3 Å². The molecule has 0 aliphatic carbocycles. The average molecular weight is 937 g/mol. The summed E-state index contributed by atoms with van der Waals surface area (Å²) in [6, 6.07) is 39.0. The Kier molecular flexibility index (Phi) is 13.7. The molecule has 2 atom stereocenters. The van der Waals surface area contributed by atoms with Crippen molar-refractivity contribution in [1.82, 2.24) is 39.8 Å². The zero-order valence-electron chi connectivity index (χ0n) is 39.9. The quantitative estimate of drug-likeness (QED) is 0.120. The maximum atomic E-state index is 13.0. The Hall–Kier alpha value is -8.00. The topological polar surface area (TPSA) is 177 Å². The van der Waals surface area contributed by atoms with Gasteiger partial charge in [0.25, 0.3) is 11.8 Å². The lowest BCUT2D eigenvalue weighted by molar-refractivity contribution is -0.138. The van der Waals surface area contributed by atoms with E-state index in [0.717, 1.165) is 92.5 Å². The van der Waals surface area contributed by atoms with Crippen LogP contribution in [0.2, 0.25) is 0 Å². The molecule has 2 aromatic heterocycles. The molecular weight excluding hydrogens is 881 g/mol. The van der Waals surface area contributed by atoms with Gasteiger partial charge in [-0.1, -0.05) is 95.4 Å². The van der Waals surface area contributed by atoms with Crippen LogP contribution in [-0.4, -0.2) is 86.8 Å². The maximum Gasteiger partial charge on any atom is 0.304 e. The van der Waals surface area contributed by atoms with Crippen molar-refractivity contribution >= 4 is 45.8 Å². The Morgan fingerprint density at radius 3 is 1.30 bits per heavy atom. The molecule has 14 heteroatoms. The number of hydrogen-bond acceptors (Lipinski definition) is 8. The number of nitrogens with zero attached hydrogens (tertiary/aromatic N) is 8. The van der Waals surface area contributed by atoms with Crippen LogP contribution in [0.3, 0.4) is 0 Å². The highest BCUT2D eigenvalue weighted by Gasteiger charge is 2.28. The smallest absolute Gasteiger partial charge is 0.304 e. The lowest BCUT2D eigenvalue weighted by atomic mass is 9.83. The fraction of sp³-hybridized carbons (Fsp3) is 0.286. The van der Waals surface area contributed by atoms with E-state index >= 15 is 0 Å². The van der Waals surface area contributed by atoms with Crippen LogP contribution in [0.25, 0.3) is 22.1 Å². The second kappa shape index (κ2) is 20.3. The van der Waals surface area contributed by atoms with Crippen molar-refractivity contribution in [1.29, 1.82) is 0 Å². The van der Waals surface area contributed by atoms with Crippen molar-refractivity contribution in [2.75, 3.05) is 13.1 Å². The minimum Gasteiger partial charge on any atom is -0.481 e. The van der Waals surface area contributed by atoms with Crippen molar-refractivity contribution in [2.45, 2.75) is 91.4 Å². The van der Waals surface area contributed by atoms with Gasteiger partial charge in [0.15, 0.2) is 0 Å². The summed E-state index contributed by atoms with van der Waals surface area (Å²) < 4.78 is 3.69. The van der Waals surface area contributed by atoms with Crippen molar-refractivity contribution in [2.24, 2.45) is 0 Å². The van der Waals surface area contributed by atoms with Crippen molar-refractivity contribution < 1.29 is 29.4 Å². The number of carboxylic acid groups (broad SMARTS) is 2. The number of fused-ring (bicyclic) bond motifs is 4. The Bertz CT molecular complexity index is 3040. The molecule has 14 nitrogen and oxygen atoms in total. The zero-order valence-corrected chi connectivity index (χ0v) is 39.9. The second-order valence-electron chi connectivity index (χ2n) is 18.1. The van der Waals surface area contributed by atoms with Crippen LogP contribution in [0.4, 0.5) is 0 Å². The summed E-state index contributed by atoms with van der Waals surface area (Å²) in [6.07, 6.45) is 1.51. The van der Waals surface area contributed by atoms with E-state index in [-0.39, 0.29) is 36.5 Å². The molecule has 2 amide bonds. The van der Waals surface area contributed by atoms with Crippen LogP contribution < -0.4 is 0 Å². The third-order valence-electron chi connectivity index (χ3n) is 14.0. The van der Waals surface area contributed by atoms with Gasteiger partial charge < -0.3 is 20.0 Å². The number of carbonyl (C=O) groups is 4. The van der Waals surface area contributed by atoms with E-state index in [2.05, 4.69) is 44.9 Å². The number of aryl methyl sites for hydroxylation is 4. The van der Waals surface area contributed by atoms with E-state index in [1.54, 1.807) is 0 Å². The van der Waals surface area contributed by atoms with Gasteiger partial charge in [-0.3, -0.25) is 19.2 Å². The van der Waals surface area contributed by atoms with Gasteiger partial charge in [0, 0.05) is 62.2 Å². The average Bonchev–Trinajstić information content (AvgIpc) is 4.02. The summed E-state index contributed by atoms with van der Waals surface area (Å²) in [7, 11) is 0. The van der Waals surface area contributed by atoms with Gasteiger partial charge in [-0.05, 0) is 133 Å². The molecule has 0 spiro atoms. The van der Waals surface area contributed by atoms with Gasteiger partial charge >= 0.3 is 11.9 Å². The first-order valence-corrected chi connectivity index (χ1v) is 23.9. The number of benzene rings is 6. The van der Waals surface area contributed by atoms with Crippen LogP contribution >= 0.6 is 0 Å². The highest BCUT2D eigenvalue weighted by Crippen LogP contribution is 2.37. The molecule has 2 aliphatic heterocycles. The van der Waals surface area contributed by atoms with E-state index in [1.807, 2.05) is 144 Å². The molecule has 2 aliphatic rings. The van der Waals surface area contributed by atoms with E-state index in [4.69, 9.17) is 0 Å². The van der Waals surface area contributed by atoms with Gasteiger partial charge in [0.2, 0.25) is 0 Å². The van der Waals surface area contributed by atoms with Crippen LogP contribution in [0.15, 0.2) is 121 Å². The van der Waals surface area contributed by atoms with E-state index < -0.39 is 11.9 Å². The first-order valence-electron chi connectivity index (χ1n) is 23.9. The highest BCUT2D eigenvalue weighted by molar-refractivity contribution is 5.95. The summed E-state index contributed by atoms with van der Waals surface area (Å²) in [6.45, 7) is 11.8. The third-order valence-corrected chi connectivity index (χ3v) is 14.0. The number of aromatic nitrogens is 6. The number of aliphatic carboxylic acids is 2. The predicted octanol–water partition coefficient (Wildman–Crippen LogP) is 9.13. The molecule has 6 aromatic carbocycles. The molecule has 8 aromatic rings. The molecule has 356 valence electrons. The Labute approximate surface area is 406 Å². The van der Waals surface area contributed by atoms with E-state index in [1.165, 1.54) is 11.1 Å². The Morgan fingerprint density at radius 1 is 0.529 bits per heavy atom. The number of hydrogen-bond donors (Lipinski definition) is 2. The Morgan fingerprint density at radius 2 is 0.929 bits per heavy atom. The van der Waals surface area contributed by atoms with Gasteiger partial charge in [-0.15, -0.1) is 10.2 Å². The number of carbonyl (C=O) groups excluding carboxylic acids is 2. The summed E-state index contributed by atoms with van der Waals surface area (Å²) in [5.41, 5.74) is 15.1. The van der Waals surface area contributed by atoms with Gasteiger partial charge in [0.1, 0.15) is 11.0 Å². The van der Waals surface area contributed by atoms with Crippen LogP contribution in [0.1, 0.15) is 115 Å². The molecule has 0 radical (unpaired) electrons. The third kappa shape index (κ3) is 9.54. The van der Waals surface area contributed by atoms with E-state index in [9.17, 15) is 29.4 Å². The summed E-state index contributed by atoms with van der Waals surface area (Å²) in [4.78, 5) is 53.6. The molecule has 0 bridgehead atoms. The predicted molar refractivity (Wildman–Crippen MR) is 267 cm³/mol. The van der Waals surface area contributed by atoms with Gasteiger partial charge in [0.05, 0.1) is 23.9 Å². The second-order valence-corrected chi connectivity index (χ2v) is 18.1. The van der Waals surface area contributed by atoms with Crippen molar-refractivity contribution in [3.8, 4) is 0 Å². The first-order chi connectivity index (χ1) is 33.9. The fourth-order valence-electron chi connectivity index (χ4n) is 10.2. The molecule has 4 heterocycles. The molecule has 10 rings (SSSR count). The van der Waals surface area contributed by atoms with Crippen LogP contribution in [0.5, 0.6) is 0 Å². The lowest BCUT2D eigenvalue weighted by Crippen LogP contribution is -2.36. The number of carboxylic acids is 2.